The summed E-state index contributed by atoms with van der Waals surface area (Å²) < 4.78 is 38.5. The second kappa shape index (κ2) is 6.56. The largest absolute Gasteiger partial charge is 0.393 e. The summed E-state index contributed by atoms with van der Waals surface area (Å²) in [4.78, 5) is 11.6. The molecular weight excluding hydrogens is 259 g/mol. The van der Waals surface area contributed by atoms with E-state index < -0.39 is 29.5 Å². The molecule has 1 aromatic carbocycles. The van der Waals surface area contributed by atoms with E-state index in [1.807, 2.05) is 13.8 Å². The molecule has 1 atom stereocenters. The van der Waals surface area contributed by atoms with Crippen molar-refractivity contribution in [2.75, 3.05) is 6.54 Å². The summed E-state index contributed by atoms with van der Waals surface area (Å²) >= 11 is 0. The van der Waals surface area contributed by atoms with Crippen molar-refractivity contribution >= 4 is 5.91 Å². The van der Waals surface area contributed by atoms with Gasteiger partial charge in [-0.3, -0.25) is 4.79 Å². The van der Waals surface area contributed by atoms with E-state index in [-0.39, 0.29) is 18.0 Å². The fourth-order valence-corrected chi connectivity index (χ4v) is 1.46. The maximum atomic E-state index is 12.9. The van der Waals surface area contributed by atoms with Gasteiger partial charge in [-0.15, -0.1) is 0 Å². The van der Waals surface area contributed by atoms with Gasteiger partial charge < -0.3 is 10.4 Å². The Bertz CT molecular complexity index is 440. The third-order valence-electron chi connectivity index (χ3n) is 2.74. The molecule has 0 aliphatic heterocycles. The zero-order valence-corrected chi connectivity index (χ0v) is 10.7. The van der Waals surface area contributed by atoms with Crippen LogP contribution in [0.25, 0.3) is 0 Å². The Labute approximate surface area is 109 Å². The van der Waals surface area contributed by atoms with E-state index in [2.05, 4.69) is 5.32 Å². The van der Waals surface area contributed by atoms with E-state index in [4.69, 9.17) is 0 Å². The van der Waals surface area contributed by atoms with Crippen LogP contribution in [0.15, 0.2) is 12.1 Å². The van der Waals surface area contributed by atoms with Gasteiger partial charge in [-0.1, -0.05) is 13.8 Å². The fraction of sp³-hybridized carbons (Fsp3) is 0.462. The number of aliphatic hydroxyl groups is 1. The van der Waals surface area contributed by atoms with Crippen molar-refractivity contribution in [2.24, 2.45) is 5.92 Å². The summed E-state index contributed by atoms with van der Waals surface area (Å²) in [7, 11) is 0. The summed E-state index contributed by atoms with van der Waals surface area (Å²) in [6.45, 7) is 3.83. The van der Waals surface area contributed by atoms with Crippen molar-refractivity contribution in [3.8, 4) is 0 Å². The zero-order valence-electron chi connectivity index (χ0n) is 10.7. The Balaban J connectivity index is 2.59. The van der Waals surface area contributed by atoms with Crippen molar-refractivity contribution in [3.63, 3.8) is 0 Å². The number of carbonyl (C=O) groups excluding carboxylic acids is 1. The van der Waals surface area contributed by atoms with Crippen LogP contribution in [0, 0.1) is 23.4 Å². The molecule has 0 aliphatic carbocycles. The number of carbonyl (C=O) groups is 1. The molecule has 1 rings (SSSR count). The first-order valence-corrected chi connectivity index (χ1v) is 5.93. The molecular formula is C13H16F3NO2. The van der Waals surface area contributed by atoms with E-state index >= 15 is 0 Å². The molecule has 0 fully saturated rings. The molecule has 0 heterocycles. The Morgan fingerprint density at radius 1 is 1.26 bits per heavy atom. The van der Waals surface area contributed by atoms with Crippen LogP contribution in [0.3, 0.4) is 0 Å². The second-order valence-electron chi connectivity index (χ2n) is 4.61. The van der Waals surface area contributed by atoms with Gasteiger partial charge in [0.15, 0.2) is 17.5 Å². The summed E-state index contributed by atoms with van der Waals surface area (Å²) in [5, 5.41) is 11.9. The number of amides is 1. The molecule has 1 amide bonds. The molecule has 0 aromatic heterocycles. The summed E-state index contributed by atoms with van der Waals surface area (Å²) in [5.74, 6) is -5.09. The average molecular weight is 275 g/mol. The van der Waals surface area contributed by atoms with Gasteiger partial charge in [-0.05, 0) is 24.5 Å². The van der Waals surface area contributed by atoms with Gasteiger partial charge in [-0.25, -0.2) is 13.2 Å². The van der Waals surface area contributed by atoms with Crippen molar-refractivity contribution in [1.29, 1.82) is 0 Å². The first kappa shape index (κ1) is 15.5. The lowest BCUT2D eigenvalue weighted by molar-refractivity contribution is 0.0919. The molecule has 0 saturated carbocycles. The minimum atomic E-state index is -1.60. The number of aliphatic hydroxyl groups excluding tert-OH is 1. The third-order valence-corrected chi connectivity index (χ3v) is 2.74. The maximum absolute atomic E-state index is 12.9. The van der Waals surface area contributed by atoms with E-state index in [9.17, 15) is 23.1 Å². The Kier molecular flexibility index (Phi) is 5.35. The van der Waals surface area contributed by atoms with Crippen LogP contribution < -0.4 is 5.32 Å². The maximum Gasteiger partial charge on any atom is 0.251 e. The lowest BCUT2D eigenvalue weighted by atomic mass is 10.0. The highest BCUT2D eigenvalue weighted by Crippen LogP contribution is 2.13. The number of rotatable bonds is 5. The number of hydrogen-bond donors (Lipinski definition) is 2. The van der Waals surface area contributed by atoms with Crippen LogP contribution in [0.1, 0.15) is 30.6 Å². The first-order chi connectivity index (χ1) is 8.82. The summed E-state index contributed by atoms with van der Waals surface area (Å²) in [5.41, 5.74) is -0.296. The van der Waals surface area contributed by atoms with E-state index in [1.54, 1.807) is 0 Å². The average Bonchev–Trinajstić information content (AvgIpc) is 2.34. The molecule has 0 bridgehead atoms. The van der Waals surface area contributed by atoms with Gasteiger partial charge >= 0.3 is 0 Å². The van der Waals surface area contributed by atoms with Gasteiger partial charge in [-0.2, -0.15) is 0 Å². The fourth-order valence-electron chi connectivity index (χ4n) is 1.46. The molecule has 1 aromatic rings. The van der Waals surface area contributed by atoms with Gasteiger partial charge in [0.05, 0.1) is 6.10 Å². The van der Waals surface area contributed by atoms with Crippen LogP contribution in [-0.4, -0.2) is 23.7 Å². The Morgan fingerprint density at radius 3 is 2.26 bits per heavy atom. The van der Waals surface area contributed by atoms with Crippen LogP contribution in [0.5, 0.6) is 0 Å². The minimum absolute atomic E-state index is 0.0533. The highest BCUT2D eigenvalue weighted by molar-refractivity contribution is 5.94. The predicted octanol–water partition coefficient (Wildman–Crippen LogP) is 2.24. The standard InChI is InChI=1S/C13H16F3NO2/c1-7(2)11(18)3-4-17-13(19)8-5-9(14)12(16)10(15)6-8/h5-7,11,18H,3-4H2,1-2H3,(H,17,19). The van der Waals surface area contributed by atoms with E-state index in [0.717, 1.165) is 0 Å². The number of halogens is 3. The van der Waals surface area contributed by atoms with Crippen LogP contribution in [0.4, 0.5) is 13.2 Å². The van der Waals surface area contributed by atoms with Crippen molar-refractivity contribution in [1.82, 2.24) is 5.32 Å². The Morgan fingerprint density at radius 2 is 1.79 bits per heavy atom. The quantitative estimate of drug-likeness (QED) is 0.810. The van der Waals surface area contributed by atoms with Gasteiger partial charge in [0.2, 0.25) is 0 Å². The van der Waals surface area contributed by atoms with E-state index in [1.165, 1.54) is 0 Å². The SMILES string of the molecule is CC(C)C(O)CCNC(=O)c1cc(F)c(F)c(F)c1. The van der Waals surface area contributed by atoms with Crippen LogP contribution in [-0.2, 0) is 0 Å². The van der Waals surface area contributed by atoms with Crippen molar-refractivity contribution < 1.29 is 23.1 Å². The topological polar surface area (TPSA) is 49.3 Å². The third kappa shape index (κ3) is 4.24. The smallest absolute Gasteiger partial charge is 0.251 e. The highest BCUT2D eigenvalue weighted by Gasteiger charge is 2.15. The molecule has 19 heavy (non-hydrogen) atoms. The monoisotopic (exact) mass is 275 g/mol. The summed E-state index contributed by atoms with van der Waals surface area (Å²) in [6.07, 6.45) is -0.239. The molecule has 2 N–H and O–H groups in total. The molecule has 0 spiro atoms. The number of hydrogen-bond acceptors (Lipinski definition) is 2. The minimum Gasteiger partial charge on any atom is -0.393 e. The Hall–Kier alpha value is -1.56. The molecule has 0 saturated heterocycles. The first-order valence-electron chi connectivity index (χ1n) is 5.93. The zero-order chi connectivity index (χ0) is 14.6. The van der Waals surface area contributed by atoms with Gasteiger partial charge in [0.25, 0.3) is 5.91 Å². The van der Waals surface area contributed by atoms with Crippen molar-refractivity contribution in [3.05, 3.63) is 35.1 Å². The molecule has 0 aliphatic rings. The van der Waals surface area contributed by atoms with Gasteiger partial charge in [0, 0.05) is 12.1 Å². The molecule has 1 unspecified atom stereocenters. The second-order valence-corrected chi connectivity index (χ2v) is 4.61. The predicted molar refractivity (Wildman–Crippen MR) is 64.1 cm³/mol. The van der Waals surface area contributed by atoms with Crippen molar-refractivity contribution in [2.45, 2.75) is 26.4 Å². The number of nitrogens with one attached hydrogen (secondary N) is 1. The molecule has 6 heteroatoms. The molecule has 3 nitrogen and oxygen atoms in total. The number of benzene rings is 1. The van der Waals surface area contributed by atoms with Crippen LogP contribution >= 0.6 is 0 Å². The molecule has 0 radical (unpaired) electrons. The summed E-state index contributed by atoms with van der Waals surface area (Å²) in [6, 6.07) is 1.26. The normalized spacial score (nSPS) is 12.6. The molecule has 106 valence electrons. The highest BCUT2D eigenvalue weighted by atomic mass is 19.2. The lowest BCUT2D eigenvalue weighted by Crippen LogP contribution is -2.29. The van der Waals surface area contributed by atoms with E-state index in [0.29, 0.717) is 18.6 Å². The van der Waals surface area contributed by atoms with Gasteiger partial charge in [0.1, 0.15) is 0 Å². The lowest BCUT2D eigenvalue weighted by Gasteiger charge is -2.14. The van der Waals surface area contributed by atoms with Crippen LogP contribution in [0.2, 0.25) is 0 Å².